The lowest BCUT2D eigenvalue weighted by Crippen LogP contribution is -2.51. The Morgan fingerprint density at radius 2 is 1.43 bits per heavy atom. The number of hydrogen-bond donors (Lipinski definition) is 0. The van der Waals surface area contributed by atoms with Gasteiger partial charge < -0.3 is 14.7 Å². The molecule has 0 saturated carbocycles. The van der Waals surface area contributed by atoms with Crippen LogP contribution in [0.1, 0.15) is 98.6 Å². The van der Waals surface area contributed by atoms with E-state index in [1.165, 1.54) is 49.0 Å². The third-order valence-electron chi connectivity index (χ3n) is 10.9. The average Bonchev–Trinajstić information content (AvgIpc) is 3.06. The summed E-state index contributed by atoms with van der Waals surface area (Å²) in [6, 6.07) is 8.74. The van der Waals surface area contributed by atoms with E-state index in [2.05, 4.69) is 41.8 Å². The van der Waals surface area contributed by atoms with Crippen molar-refractivity contribution >= 4 is 5.91 Å². The van der Waals surface area contributed by atoms with E-state index in [1.807, 2.05) is 0 Å². The summed E-state index contributed by atoms with van der Waals surface area (Å²) in [7, 11) is 0. The number of alkyl halides is 6. The molecule has 260 valence electrons. The molecule has 0 N–H and O–H groups in total. The Morgan fingerprint density at radius 3 is 2.02 bits per heavy atom. The predicted molar refractivity (Wildman–Crippen MR) is 172 cm³/mol. The van der Waals surface area contributed by atoms with Crippen molar-refractivity contribution in [3.8, 4) is 0 Å². The van der Waals surface area contributed by atoms with Gasteiger partial charge in [-0.15, -0.1) is 0 Å². The molecule has 10 heteroatoms. The van der Waals surface area contributed by atoms with Gasteiger partial charge in [-0.3, -0.25) is 4.79 Å². The topological polar surface area (TPSA) is 26.8 Å². The second-order valence-corrected chi connectivity index (χ2v) is 13.9. The van der Waals surface area contributed by atoms with Crippen molar-refractivity contribution in [2.45, 2.75) is 108 Å². The Morgan fingerprint density at radius 1 is 0.787 bits per heavy atom. The lowest BCUT2D eigenvalue weighted by Gasteiger charge is -2.46. The van der Waals surface area contributed by atoms with Crippen molar-refractivity contribution in [1.29, 1.82) is 0 Å². The molecule has 0 radical (unpaired) electrons. The number of nitrogens with zero attached hydrogens (tertiary/aromatic N) is 3. The van der Waals surface area contributed by atoms with Crippen molar-refractivity contribution in [2.24, 2.45) is 0 Å². The molecule has 0 unspecified atom stereocenters. The van der Waals surface area contributed by atoms with Crippen LogP contribution in [0.2, 0.25) is 0 Å². The molecule has 2 aromatic carbocycles. The Bertz CT molecular complexity index is 1330. The number of aryl methyl sites for hydroxylation is 2. The number of amides is 1. The fourth-order valence-electron chi connectivity index (χ4n) is 8.13. The van der Waals surface area contributed by atoms with Crippen LogP contribution in [-0.2, 0) is 41.8 Å². The monoisotopic (exact) mass is 665 g/mol. The number of hydrogen-bond acceptors (Lipinski definition) is 3. The first-order valence-electron chi connectivity index (χ1n) is 17.5. The van der Waals surface area contributed by atoms with E-state index >= 15 is 0 Å². The maximum absolute atomic E-state index is 13.7. The van der Waals surface area contributed by atoms with Crippen molar-refractivity contribution < 1.29 is 31.1 Å². The second kappa shape index (κ2) is 14.9. The van der Waals surface area contributed by atoms with E-state index < -0.39 is 35.8 Å². The van der Waals surface area contributed by atoms with Gasteiger partial charge in [-0.1, -0.05) is 38.5 Å². The number of benzene rings is 2. The second-order valence-electron chi connectivity index (χ2n) is 13.9. The highest BCUT2D eigenvalue weighted by atomic mass is 19.4. The number of halogens is 6. The standard InChI is InChI=1S/C37H49F6N3O/c1-3-28-9-10-30(24-29(28)4-2)35(14-20-44-18-11-33(12-19-44)45-15-6-5-7-16-45)13-8-17-46(26-35)34(47)23-27-21-31(36(38,39)40)25-32(22-27)37(41,42)43/h9-10,21-22,24-25,33H,3-8,11-20,23,26H2,1-2H3/t35-/m1/s1. The summed E-state index contributed by atoms with van der Waals surface area (Å²) >= 11 is 0. The average molecular weight is 666 g/mol. The molecule has 5 rings (SSSR count). The van der Waals surface area contributed by atoms with Crippen molar-refractivity contribution in [1.82, 2.24) is 14.7 Å². The lowest BCUT2D eigenvalue weighted by atomic mass is 9.70. The first-order chi connectivity index (χ1) is 22.3. The number of likely N-dealkylation sites (tertiary alicyclic amines) is 3. The Balaban J connectivity index is 1.35. The Labute approximate surface area is 275 Å². The van der Waals surface area contributed by atoms with Crippen molar-refractivity contribution in [3.63, 3.8) is 0 Å². The first-order valence-corrected chi connectivity index (χ1v) is 17.5. The minimum atomic E-state index is -4.96. The summed E-state index contributed by atoms with van der Waals surface area (Å²) in [5, 5.41) is 0. The minimum Gasteiger partial charge on any atom is -0.342 e. The van der Waals surface area contributed by atoms with Crippen LogP contribution >= 0.6 is 0 Å². The molecular formula is C37H49F6N3O. The number of carbonyl (C=O) groups excluding carboxylic acids is 1. The summed E-state index contributed by atoms with van der Waals surface area (Å²) in [5.41, 5.74) is 0.333. The molecule has 0 bridgehead atoms. The largest absolute Gasteiger partial charge is 0.416 e. The lowest BCUT2D eigenvalue weighted by molar-refractivity contribution is -0.143. The van der Waals surface area contributed by atoms with Gasteiger partial charge in [-0.25, -0.2) is 0 Å². The van der Waals surface area contributed by atoms with E-state index in [1.54, 1.807) is 4.90 Å². The van der Waals surface area contributed by atoms with Crippen LogP contribution in [0.4, 0.5) is 26.3 Å². The fourth-order valence-corrected chi connectivity index (χ4v) is 8.13. The van der Waals surface area contributed by atoms with Gasteiger partial charge in [0.05, 0.1) is 17.5 Å². The summed E-state index contributed by atoms with van der Waals surface area (Å²) in [6.45, 7) is 10.4. The van der Waals surface area contributed by atoms with Crippen molar-refractivity contribution in [3.05, 3.63) is 69.8 Å². The quantitative estimate of drug-likeness (QED) is 0.252. The Hall–Kier alpha value is -2.59. The van der Waals surface area contributed by atoms with Gasteiger partial charge in [0, 0.05) is 24.5 Å². The SMILES string of the molecule is CCc1ccc([C@@]2(CCN3CCC(N4CCCCC4)CC3)CCCN(C(=O)Cc3cc(C(F)(F)F)cc(C(F)(F)F)c3)C2)cc1CC. The molecule has 0 spiro atoms. The van der Waals surface area contributed by atoms with Crippen LogP contribution in [0.3, 0.4) is 0 Å². The highest BCUT2D eigenvalue weighted by Crippen LogP contribution is 2.40. The summed E-state index contributed by atoms with van der Waals surface area (Å²) in [5.74, 6) is -0.440. The molecule has 0 aromatic heterocycles. The van der Waals surface area contributed by atoms with Gasteiger partial charge in [-0.2, -0.15) is 26.3 Å². The van der Waals surface area contributed by atoms with Gasteiger partial charge in [0.1, 0.15) is 0 Å². The van der Waals surface area contributed by atoms with Crippen molar-refractivity contribution in [2.75, 3.05) is 45.8 Å². The first kappa shape index (κ1) is 35.7. The molecule has 47 heavy (non-hydrogen) atoms. The molecule has 3 saturated heterocycles. The third-order valence-corrected chi connectivity index (χ3v) is 10.9. The summed E-state index contributed by atoms with van der Waals surface area (Å²) < 4.78 is 81.1. The van der Waals surface area contributed by atoms with E-state index in [-0.39, 0.29) is 17.0 Å². The molecule has 1 amide bonds. The van der Waals surface area contributed by atoms with Gasteiger partial charge in [0.25, 0.3) is 0 Å². The van der Waals surface area contributed by atoms with Crippen LogP contribution in [0.15, 0.2) is 36.4 Å². The van der Waals surface area contributed by atoms with E-state index in [4.69, 9.17) is 0 Å². The predicted octanol–water partition coefficient (Wildman–Crippen LogP) is 8.29. The van der Waals surface area contributed by atoms with Crippen LogP contribution in [0.25, 0.3) is 0 Å². The number of rotatable bonds is 9. The maximum Gasteiger partial charge on any atom is 0.416 e. The number of piperidine rings is 3. The summed E-state index contributed by atoms with van der Waals surface area (Å²) in [4.78, 5) is 20.5. The molecule has 3 fully saturated rings. The zero-order valence-corrected chi connectivity index (χ0v) is 27.8. The Kier molecular flexibility index (Phi) is 11.3. The van der Waals surface area contributed by atoms with Gasteiger partial charge in [0.15, 0.2) is 0 Å². The normalized spacial score (nSPS) is 22.5. The fraction of sp³-hybridized carbons (Fsp3) is 0.649. The van der Waals surface area contributed by atoms with Crippen LogP contribution in [0, 0.1) is 0 Å². The molecule has 3 aliphatic rings. The molecule has 1 atom stereocenters. The molecule has 2 aromatic rings. The van der Waals surface area contributed by atoms with E-state index in [0.717, 1.165) is 64.6 Å². The third kappa shape index (κ3) is 8.72. The maximum atomic E-state index is 13.7. The summed E-state index contributed by atoms with van der Waals surface area (Å²) in [6.07, 6.45) is 0.00580. The van der Waals surface area contributed by atoms with Gasteiger partial charge in [-0.05, 0) is 131 Å². The van der Waals surface area contributed by atoms with E-state index in [9.17, 15) is 31.1 Å². The van der Waals surface area contributed by atoms with E-state index in [0.29, 0.717) is 31.3 Å². The van der Waals surface area contributed by atoms with Crippen LogP contribution < -0.4 is 0 Å². The van der Waals surface area contributed by atoms with Crippen LogP contribution in [0.5, 0.6) is 0 Å². The zero-order chi connectivity index (χ0) is 33.8. The molecule has 4 nitrogen and oxygen atoms in total. The highest BCUT2D eigenvalue weighted by molar-refractivity contribution is 5.79. The minimum absolute atomic E-state index is 0.112. The zero-order valence-electron chi connectivity index (χ0n) is 27.8. The van der Waals surface area contributed by atoms with Crippen LogP contribution in [-0.4, -0.2) is 72.5 Å². The number of carbonyl (C=O) groups is 1. The van der Waals surface area contributed by atoms with Gasteiger partial charge >= 0.3 is 12.4 Å². The smallest absolute Gasteiger partial charge is 0.342 e. The highest BCUT2D eigenvalue weighted by Gasteiger charge is 2.41. The molecule has 3 aliphatic heterocycles. The molecule has 3 heterocycles. The van der Waals surface area contributed by atoms with Gasteiger partial charge in [0.2, 0.25) is 5.91 Å². The molecular weight excluding hydrogens is 616 g/mol. The molecule has 0 aliphatic carbocycles.